The number of rotatable bonds is 3. The zero-order chi connectivity index (χ0) is 14.0. The lowest BCUT2D eigenvalue weighted by Gasteiger charge is -2.35. The van der Waals surface area contributed by atoms with Gasteiger partial charge in [0.15, 0.2) is 0 Å². The second-order valence-electron chi connectivity index (χ2n) is 5.92. The Bertz CT molecular complexity index is 500. The van der Waals surface area contributed by atoms with E-state index in [0.29, 0.717) is 6.54 Å². The molecule has 0 spiro atoms. The van der Waals surface area contributed by atoms with E-state index in [-0.39, 0.29) is 11.4 Å². The predicted molar refractivity (Wildman–Crippen MR) is 79.6 cm³/mol. The lowest BCUT2D eigenvalue weighted by Crippen LogP contribution is -2.45. The van der Waals surface area contributed by atoms with Crippen molar-refractivity contribution in [3.05, 3.63) is 42.0 Å². The van der Waals surface area contributed by atoms with Crippen LogP contribution >= 0.6 is 0 Å². The van der Waals surface area contributed by atoms with Gasteiger partial charge in [0.05, 0.1) is 0 Å². The number of hydrogen-bond acceptors (Lipinski definition) is 2. The summed E-state index contributed by atoms with van der Waals surface area (Å²) in [7, 11) is 0. The van der Waals surface area contributed by atoms with Gasteiger partial charge in [0.1, 0.15) is 0 Å². The second kappa shape index (κ2) is 5.08. The van der Waals surface area contributed by atoms with Crippen molar-refractivity contribution >= 4 is 11.6 Å². The van der Waals surface area contributed by atoms with E-state index in [4.69, 9.17) is 0 Å². The van der Waals surface area contributed by atoms with Crippen molar-refractivity contribution in [2.45, 2.75) is 32.7 Å². The molecule has 0 saturated heterocycles. The van der Waals surface area contributed by atoms with Crippen LogP contribution < -0.4 is 5.32 Å². The summed E-state index contributed by atoms with van der Waals surface area (Å²) < 4.78 is 0. The molecule has 1 aliphatic rings. The van der Waals surface area contributed by atoms with Gasteiger partial charge in [-0.05, 0) is 51.0 Å². The molecule has 0 bridgehead atoms. The molecule has 3 nitrogen and oxygen atoms in total. The minimum absolute atomic E-state index is 0.0714. The van der Waals surface area contributed by atoms with Crippen molar-refractivity contribution in [2.75, 3.05) is 18.4 Å². The van der Waals surface area contributed by atoms with Gasteiger partial charge in [0, 0.05) is 29.9 Å². The van der Waals surface area contributed by atoms with Crippen LogP contribution in [0.25, 0.3) is 0 Å². The molecular formula is C16H22N2O. The zero-order valence-electron chi connectivity index (χ0n) is 12.0. The number of nitrogens with zero attached hydrogens (tertiary/aromatic N) is 1. The molecule has 19 heavy (non-hydrogen) atoms. The maximum Gasteiger partial charge on any atom is 0.254 e. The number of hydrogen-bond donors (Lipinski definition) is 1. The molecule has 0 fully saturated rings. The Morgan fingerprint density at radius 2 is 2.21 bits per heavy atom. The van der Waals surface area contributed by atoms with Gasteiger partial charge in [-0.15, -0.1) is 6.58 Å². The summed E-state index contributed by atoms with van der Waals surface area (Å²) in [5.74, 6) is 0.0714. The van der Waals surface area contributed by atoms with E-state index >= 15 is 0 Å². The molecule has 0 radical (unpaired) electrons. The maximum atomic E-state index is 12.6. The number of anilines is 1. The van der Waals surface area contributed by atoms with E-state index in [1.54, 1.807) is 6.08 Å². The topological polar surface area (TPSA) is 32.3 Å². The van der Waals surface area contributed by atoms with Gasteiger partial charge >= 0.3 is 0 Å². The lowest BCUT2D eigenvalue weighted by molar-refractivity contribution is 0.0616. The molecule has 1 aliphatic heterocycles. The van der Waals surface area contributed by atoms with Crippen LogP contribution in [0, 0.1) is 0 Å². The summed E-state index contributed by atoms with van der Waals surface area (Å²) in [6, 6.07) is 5.92. The number of amides is 1. The van der Waals surface area contributed by atoms with E-state index in [9.17, 15) is 4.79 Å². The third-order valence-corrected chi connectivity index (χ3v) is 3.43. The van der Waals surface area contributed by atoms with E-state index in [1.165, 1.54) is 5.56 Å². The predicted octanol–water partition coefficient (Wildman–Crippen LogP) is 3.08. The second-order valence-corrected chi connectivity index (χ2v) is 5.92. The number of fused-ring (bicyclic) bond motifs is 1. The molecule has 1 amide bonds. The van der Waals surface area contributed by atoms with Crippen molar-refractivity contribution in [1.29, 1.82) is 0 Å². The number of carbonyl (C=O) groups excluding carboxylic acids is 1. The molecule has 102 valence electrons. The molecule has 0 atom stereocenters. The molecule has 1 aromatic rings. The van der Waals surface area contributed by atoms with Crippen molar-refractivity contribution < 1.29 is 4.79 Å². The number of carbonyl (C=O) groups is 1. The molecule has 2 rings (SSSR count). The standard InChI is InChI=1S/C16H22N2O/c1-5-10-18(16(2,3)4)15(19)13-6-7-14-12(11-13)8-9-17-14/h5-7,11,17H,1,8-10H2,2-4H3. The molecule has 0 saturated carbocycles. The average molecular weight is 258 g/mol. The summed E-state index contributed by atoms with van der Waals surface area (Å²) in [6.45, 7) is 11.4. The highest BCUT2D eigenvalue weighted by atomic mass is 16.2. The van der Waals surface area contributed by atoms with Crippen molar-refractivity contribution in [2.24, 2.45) is 0 Å². The number of nitrogens with one attached hydrogen (secondary N) is 1. The summed E-state index contributed by atoms with van der Waals surface area (Å²) in [6.07, 6.45) is 2.77. The summed E-state index contributed by atoms with van der Waals surface area (Å²) >= 11 is 0. The molecule has 1 heterocycles. The van der Waals surface area contributed by atoms with Crippen LogP contribution in [0.15, 0.2) is 30.9 Å². The largest absolute Gasteiger partial charge is 0.384 e. The minimum Gasteiger partial charge on any atom is -0.384 e. The van der Waals surface area contributed by atoms with Gasteiger partial charge in [-0.2, -0.15) is 0 Å². The van der Waals surface area contributed by atoms with Crippen LogP contribution in [-0.2, 0) is 6.42 Å². The molecule has 1 N–H and O–H groups in total. The smallest absolute Gasteiger partial charge is 0.254 e. The van der Waals surface area contributed by atoms with Gasteiger partial charge < -0.3 is 10.2 Å². The van der Waals surface area contributed by atoms with E-state index in [2.05, 4.69) is 11.9 Å². The van der Waals surface area contributed by atoms with Crippen LogP contribution in [0.2, 0.25) is 0 Å². The van der Waals surface area contributed by atoms with E-state index in [0.717, 1.165) is 24.2 Å². The van der Waals surface area contributed by atoms with Gasteiger partial charge in [-0.3, -0.25) is 4.79 Å². The minimum atomic E-state index is -0.206. The average Bonchev–Trinajstić information content (AvgIpc) is 2.80. The molecule has 3 heteroatoms. The first-order valence-electron chi connectivity index (χ1n) is 6.73. The Morgan fingerprint density at radius 1 is 1.47 bits per heavy atom. The summed E-state index contributed by atoms with van der Waals surface area (Å²) in [5.41, 5.74) is 2.95. The van der Waals surface area contributed by atoms with Crippen LogP contribution in [0.4, 0.5) is 5.69 Å². The van der Waals surface area contributed by atoms with Crippen molar-refractivity contribution in [1.82, 2.24) is 4.90 Å². The Morgan fingerprint density at radius 3 is 2.84 bits per heavy atom. The monoisotopic (exact) mass is 258 g/mol. The van der Waals surface area contributed by atoms with E-state index in [1.807, 2.05) is 43.9 Å². The molecule has 1 aromatic carbocycles. The van der Waals surface area contributed by atoms with E-state index < -0.39 is 0 Å². The highest BCUT2D eigenvalue weighted by molar-refractivity contribution is 5.95. The fraction of sp³-hybridized carbons (Fsp3) is 0.438. The van der Waals surface area contributed by atoms with Crippen molar-refractivity contribution in [3.8, 4) is 0 Å². The Labute approximate surface area is 115 Å². The molecule has 0 aromatic heterocycles. The Kier molecular flexibility index (Phi) is 3.65. The van der Waals surface area contributed by atoms with Crippen LogP contribution in [-0.4, -0.2) is 29.4 Å². The lowest BCUT2D eigenvalue weighted by atomic mass is 10.0. The molecule has 0 aliphatic carbocycles. The fourth-order valence-corrected chi connectivity index (χ4v) is 2.38. The van der Waals surface area contributed by atoms with Crippen LogP contribution in [0.1, 0.15) is 36.7 Å². The SMILES string of the molecule is C=CCN(C(=O)c1ccc2c(c1)CCN2)C(C)(C)C. The Hall–Kier alpha value is -1.77. The first kappa shape index (κ1) is 13.7. The molecule has 0 unspecified atom stereocenters. The number of benzene rings is 1. The summed E-state index contributed by atoms with van der Waals surface area (Å²) in [5, 5.41) is 3.31. The highest BCUT2D eigenvalue weighted by Gasteiger charge is 2.26. The first-order chi connectivity index (χ1) is 8.93. The quantitative estimate of drug-likeness (QED) is 0.845. The molecular weight excluding hydrogens is 236 g/mol. The third-order valence-electron chi connectivity index (χ3n) is 3.43. The normalized spacial score (nSPS) is 13.6. The highest BCUT2D eigenvalue weighted by Crippen LogP contribution is 2.25. The van der Waals surface area contributed by atoms with Crippen molar-refractivity contribution in [3.63, 3.8) is 0 Å². The maximum absolute atomic E-state index is 12.6. The van der Waals surface area contributed by atoms with Gasteiger partial charge in [-0.25, -0.2) is 0 Å². The third kappa shape index (κ3) is 2.80. The Balaban J connectivity index is 2.29. The zero-order valence-corrected chi connectivity index (χ0v) is 12.0. The first-order valence-corrected chi connectivity index (χ1v) is 6.73. The van der Waals surface area contributed by atoms with Gasteiger partial charge in [0.2, 0.25) is 0 Å². The van der Waals surface area contributed by atoms with Crippen LogP contribution in [0.3, 0.4) is 0 Å². The van der Waals surface area contributed by atoms with Gasteiger partial charge in [0.25, 0.3) is 5.91 Å². The summed E-state index contributed by atoms with van der Waals surface area (Å²) in [4.78, 5) is 14.5. The fourth-order valence-electron chi connectivity index (χ4n) is 2.38. The van der Waals surface area contributed by atoms with Crippen LogP contribution in [0.5, 0.6) is 0 Å². The van der Waals surface area contributed by atoms with Gasteiger partial charge in [-0.1, -0.05) is 6.08 Å².